The summed E-state index contributed by atoms with van der Waals surface area (Å²) in [6, 6.07) is 19.7. The van der Waals surface area contributed by atoms with Crippen molar-refractivity contribution in [3.05, 3.63) is 83.7 Å². The van der Waals surface area contributed by atoms with Crippen molar-refractivity contribution < 1.29 is 32.6 Å². The number of hydrogen-bond donors (Lipinski definition) is 2. The number of alkyl halides is 3. The zero-order chi connectivity index (χ0) is 33.6. The number of carbonyl (C=O) groups excluding carboxylic acids is 1. The van der Waals surface area contributed by atoms with Gasteiger partial charge in [-0.15, -0.1) is 0 Å². The molecule has 4 aromatic rings. The lowest BCUT2D eigenvalue weighted by atomic mass is 9.68. The van der Waals surface area contributed by atoms with E-state index in [1.165, 1.54) is 24.6 Å². The highest BCUT2D eigenvalue weighted by molar-refractivity contribution is 8.00. The number of imidazole rings is 1. The number of nitrogens with one attached hydrogen (secondary N) is 1. The molecular weight excluding hydrogens is 617 g/mol. The lowest BCUT2D eigenvalue weighted by Crippen LogP contribution is -2.44. The van der Waals surface area contributed by atoms with E-state index in [4.69, 9.17) is 14.6 Å². The van der Waals surface area contributed by atoms with Crippen molar-refractivity contribution >= 4 is 41.0 Å². The van der Waals surface area contributed by atoms with Crippen molar-refractivity contribution in [1.82, 2.24) is 14.9 Å². The highest BCUT2D eigenvalue weighted by Gasteiger charge is 2.37. The van der Waals surface area contributed by atoms with Gasteiger partial charge in [0.2, 0.25) is 5.91 Å². The molecule has 0 spiro atoms. The van der Waals surface area contributed by atoms with Crippen LogP contribution in [-0.4, -0.2) is 46.7 Å². The van der Waals surface area contributed by atoms with Crippen LogP contribution in [0.5, 0.6) is 5.75 Å². The number of benzene rings is 3. The third kappa shape index (κ3) is 8.54. The molecule has 0 radical (unpaired) electrons. The average molecular weight is 657 g/mol. The molecule has 0 saturated heterocycles. The fourth-order valence-electron chi connectivity index (χ4n) is 6.03. The zero-order valence-electron chi connectivity index (χ0n) is 26.4. The van der Waals surface area contributed by atoms with Crippen LogP contribution in [0.1, 0.15) is 49.6 Å². The number of carboxylic acid groups (broad SMARTS) is 1. The summed E-state index contributed by atoms with van der Waals surface area (Å²) in [5.41, 5.74) is 3.64. The molecule has 12 heteroatoms. The molecule has 1 aliphatic carbocycles. The lowest BCUT2D eigenvalue weighted by Gasteiger charge is -2.41. The largest absolute Gasteiger partial charge is 0.493 e. The molecule has 1 fully saturated rings. The molecule has 5 rings (SSSR count). The molecule has 3 aromatic carbocycles. The number of hydrogen-bond acceptors (Lipinski definition) is 6. The number of amides is 1. The second-order valence-corrected chi connectivity index (χ2v) is 12.8. The Labute approximate surface area is 271 Å². The van der Waals surface area contributed by atoms with Gasteiger partial charge in [-0.1, -0.05) is 19.1 Å². The third-order valence-electron chi connectivity index (χ3n) is 8.56. The van der Waals surface area contributed by atoms with E-state index in [1.54, 1.807) is 11.9 Å². The highest BCUT2D eigenvalue weighted by Crippen LogP contribution is 2.42. The summed E-state index contributed by atoms with van der Waals surface area (Å²) < 4.78 is 49.0. The molecule has 1 heterocycles. The third-order valence-corrected chi connectivity index (χ3v) is 9.51. The number of nitrogens with zero attached hydrogens (tertiary/aromatic N) is 3. The van der Waals surface area contributed by atoms with Gasteiger partial charge in [0.1, 0.15) is 11.6 Å². The first-order valence-electron chi connectivity index (χ1n) is 14.9. The van der Waals surface area contributed by atoms with Crippen molar-refractivity contribution in [3.63, 3.8) is 0 Å². The summed E-state index contributed by atoms with van der Waals surface area (Å²) in [4.78, 5) is 26.1. The van der Waals surface area contributed by atoms with E-state index in [0.717, 1.165) is 52.4 Å². The lowest BCUT2D eigenvalue weighted by molar-refractivity contribution is -0.137. The summed E-state index contributed by atoms with van der Waals surface area (Å²) in [5.74, 6) is 1.85. The number of fused-ring (bicyclic) bond motifs is 1. The maximum atomic E-state index is 12.9. The Kier molecular flexibility index (Phi) is 11.3. The fourth-order valence-corrected chi connectivity index (χ4v) is 6.87. The predicted octanol–water partition coefficient (Wildman–Crippen LogP) is 7.46. The fraction of sp³-hybridized carbons (Fsp3) is 0.382. The second-order valence-electron chi connectivity index (χ2n) is 11.6. The van der Waals surface area contributed by atoms with Crippen LogP contribution < -0.4 is 14.4 Å². The number of carbonyl (C=O) groups is 2. The van der Waals surface area contributed by atoms with Gasteiger partial charge in [0, 0.05) is 37.6 Å². The smallest absolute Gasteiger partial charge is 0.416 e. The summed E-state index contributed by atoms with van der Waals surface area (Å²) in [7, 11) is 4.06. The van der Waals surface area contributed by atoms with Crippen molar-refractivity contribution in [2.75, 3.05) is 18.0 Å². The van der Waals surface area contributed by atoms with Crippen LogP contribution in [0.2, 0.25) is 0 Å². The van der Waals surface area contributed by atoms with Gasteiger partial charge in [0.25, 0.3) is 6.47 Å². The first-order valence-corrected chi connectivity index (χ1v) is 15.7. The minimum absolute atomic E-state index is 0.0111. The molecule has 8 nitrogen and oxygen atoms in total. The Morgan fingerprint density at radius 1 is 1.13 bits per heavy atom. The van der Waals surface area contributed by atoms with E-state index in [1.807, 2.05) is 21.0 Å². The maximum Gasteiger partial charge on any atom is 0.416 e. The minimum atomic E-state index is -4.38. The van der Waals surface area contributed by atoms with E-state index in [-0.39, 0.29) is 36.2 Å². The van der Waals surface area contributed by atoms with Crippen molar-refractivity contribution in [2.45, 2.75) is 56.6 Å². The summed E-state index contributed by atoms with van der Waals surface area (Å²) in [6.45, 7) is 5.83. The van der Waals surface area contributed by atoms with Crippen LogP contribution in [-0.2, 0) is 22.8 Å². The van der Waals surface area contributed by atoms with Crippen LogP contribution in [0.25, 0.3) is 11.0 Å². The Balaban J connectivity index is 0.00000154. The molecule has 1 aliphatic rings. The Hall–Kier alpha value is -4.19. The second kappa shape index (κ2) is 14.9. The van der Waals surface area contributed by atoms with Crippen molar-refractivity contribution in [2.24, 2.45) is 18.9 Å². The molecule has 1 amide bonds. The van der Waals surface area contributed by atoms with E-state index < -0.39 is 11.7 Å². The predicted molar refractivity (Wildman–Crippen MR) is 174 cm³/mol. The SMILES string of the molecule is CC(=O)N[C@@H]1CC(COc2ccc(C(F)(F)F)cc2)[C@H](C)C(c2ccc(N(C)Sc3ccc4c(c3)nc(C)n4C)cc2)C1.O=CO. The van der Waals surface area contributed by atoms with Crippen LogP contribution >= 0.6 is 11.9 Å². The quantitative estimate of drug-likeness (QED) is 0.150. The number of ether oxygens (including phenoxy) is 1. The molecule has 0 bridgehead atoms. The average Bonchev–Trinajstić information content (AvgIpc) is 3.29. The minimum Gasteiger partial charge on any atom is -0.493 e. The molecular formula is C34H39F3N4O4S. The summed E-state index contributed by atoms with van der Waals surface area (Å²) >= 11 is 1.64. The van der Waals surface area contributed by atoms with Crippen molar-refractivity contribution in [1.29, 1.82) is 0 Å². The molecule has 2 unspecified atom stereocenters. The van der Waals surface area contributed by atoms with Gasteiger partial charge in [0.15, 0.2) is 0 Å². The van der Waals surface area contributed by atoms with E-state index in [9.17, 15) is 18.0 Å². The normalized spacial score (nSPS) is 19.6. The zero-order valence-corrected chi connectivity index (χ0v) is 27.2. The number of aromatic nitrogens is 2. The standard InChI is InChI=1S/C33H37F3N4O2S.CH2O2/c1-20-24(19-42-28-12-8-25(9-13-28)33(34,35)36)16-26(38-22(3)41)17-30(20)23-6-10-27(11-7-23)40(5)43-29-14-15-32-31(18-29)37-21(2)39(32)4;2-1-3/h6-15,18,20,24,26,30H,16-17,19H2,1-5H3,(H,38,41);1H,(H,2,3)/t20-,24?,26+,30?;/m0./s1. The number of aryl methyl sites for hydroxylation is 2. The topological polar surface area (TPSA) is 96.7 Å². The maximum absolute atomic E-state index is 12.9. The van der Waals surface area contributed by atoms with Crippen LogP contribution in [0.15, 0.2) is 71.6 Å². The molecule has 246 valence electrons. The molecule has 4 atom stereocenters. The molecule has 1 saturated carbocycles. The van der Waals surface area contributed by atoms with E-state index >= 15 is 0 Å². The molecule has 46 heavy (non-hydrogen) atoms. The monoisotopic (exact) mass is 656 g/mol. The number of rotatable bonds is 8. The van der Waals surface area contributed by atoms with E-state index in [0.29, 0.717) is 12.4 Å². The Bertz CT molecular complexity index is 1630. The van der Waals surface area contributed by atoms with Crippen LogP contribution in [0, 0.1) is 18.8 Å². The van der Waals surface area contributed by atoms with E-state index in [2.05, 4.69) is 68.6 Å². The Morgan fingerprint density at radius 3 is 2.39 bits per heavy atom. The van der Waals surface area contributed by atoms with Gasteiger partial charge in [-0.3, -0.25) is 9.59 Å². The number of halogens is 3. The first kappa shape index (κ1) is 34.7. The Morgan fingerprint density at radius 2 is 1.78 bits per heavy atom. The molecule has 2 N–H and O–H groups in total. The van der Waals surface area contributed by atoms with Gasteiger partial charge < -0.3 is 24.0 Å². The van der Waals surface area contributed by atoms with Crippen molar-refractivity contribution in [3.8, 4) is 5.75 Å². The van der Waals surface area contributed by atoms with Crippen LogP contribution in [0.4, 0.5) is 18.9 Å². The van der Waals surface area contributed by atoms with Gasteiger partial charge in [0.05, 0.1) is 23.2 Å². The molecule has 1 aromatic heterocycles. The van der Waals surface area contributed by atoms with Crippen LogP contribution in [0.3, 0.4) is 0 Å². The van der Waals surface area contributed by atoms with Gasteiger partial charge in [-0.05, 0) is 110 Å². The molecule has 0 aliphatic heterocycles. The number of anilines is 1. The van der Waals surface area contributed by atoms with Gasteiger partial charge in [-0.2, -0.15) is 13.2 Å². The van der Waals surface area contributed by atoms with Gasteiger partial charge >= 0.3 is 6.18 Å². The highest BCUT2D eigenvalue weighted by atomic mass is 32.2. The summed E-state index contributed by atoms with van der Waals surface area (Å²) in [5, 5.41) is 9.98. The first-order chi connectivity index (χ1) is 21.8. The van der Waals surface area contributed by atoms with Gasteiger partial charge in [-0.25, -0.2) is 4.98 Å². The summed E-state index contributed by atoms with van der Waals surface area (Å²) in [6.07, 6.45) is -2.83.